The summed E-state index contributed by atoms with van der Waals surface area (Å²) in [4.78, 5) is 21.5. The van der Waals surface area contributed by atoms with E-state index in [4.69, 9.17) is 0 Å². The molecule has 0 unspecified atom stereocenters. The lowest BCUT2D eigenvalue weighted by Crippen LogP contribution is -2.23. The van der Waals surface area contributed by atoms with Crippen LogP contribution in [0.1, 0.15) is 5.01 Å². The molecule has 88 valence electrons. The van der Waals surface area contributed by atoms with Crippen molar-refractivity contribution in [3.8, 4) is 0 Å². The van der Waals surface area contributed by atoms with Crippen LogP contribution in [0, 0.1) is 0 Å². The Morgan fingerprint density at radius 3 is 2.44 bits per heavy atom. The summed E-state index contributed by atoms with van der Waals surface area (Å²) in [6, 6.07) is 0. The fraction of sp³-hybridized carbons (Fsp3) is 0.333. The van der Waals surface area contributed by atoms with Crippen molar-refractivity contribution in [3.05, 3.63) is 5.01 Å². The number of anilines is 1. The molecule has 0 radical (unpaired) electrons. The quantitative estimate of drug-likeness (QED) is 0.589. The van der Waals surface area contributed by atoms with Gasteiger partial charge in [-0.3, -0.25) is 10.1 Å². The molecule has 0 atom stereocenters. The number of hydrogen-bond acceptors (Lipinski definition) is 6. The van der Waals surface area contributed by atoms with Gasteiger partial charge in [-0.15, -0.1) is 10.2 Å². The van der Waals surface area contributed by atoms with Gasteiger partial charge >= 0.3 is 18.1 Å². The van der Waals surface area contributed by atoms with Crippen LogP contribution in [0.15, 0.2) is 0 Å². The first-order valence-electron chi connectivity index (χ1n) is 3.64. The van der Waals surface area contributed by atoms with Gasteiger partial charge in [0.25, 0.3) is 0 Å². The third kappa shape index (κ3) is 2.89. The highest BCUT2D eigenvalue weighted by Gasteiger charge is 2.36. The maximum absolute atomic E-state index is 12.1. The molecule has 1 aromatic rings. The minimum atomic E-state index is -4.63. The maximum Gasteiger partial charge on any atom is 0.445 e. The van der Waals surface area contributed by atoms with Gasteiger partial charge in [0.1, 0.15) is 0 Å². The van der Waals surface area contributed by atoms with Crippen LogP contribution in [0.5, 0.6) is 0 Å². The molecule has 0 fully saturated rings. The average Bonchev–Trinajstić information content (AvgIpc) is 2.64. The number of carbonyl (C=O) groups is 2. The summed E-state index contributed by atoms with van der Waals surface area (Å²) in [7, 11) is 0.961. The zero-order chi connectivity index (χ0) is 12.3. The normalized spacial score (nSPS) is 11.0. The van der Waals surface area contributed by atoms with E-state index >= 15 is 0 Å². The van der Waals surface area contributed by atoms with Gasteiger partial charge in [-0.2, -0.15) is 13.2 Å². The average molecular weight is 255 g/mol. The topological polar surface area (TPSA) is 81.2 Å². The molecule has 6 nitrogen and oxygen atoms in total. The van der Waals surface area contributed by atoms with Gasteiger partial charge < -0.3 is 4.74 Å². The summed E-state index contributed by atoms with van der Waals surface area (Å²) >= 11 is 0.109. The van der Waals surface area contributed by atoms with Gasteiger partial charge in [0, 0.05) is 0 Å². The van der Waals surface area contributed by atoms with E-state index in [1.54, 1.807) is 0 Å². The number of methoxy groups -OCH3 is 1. The Morgan fingerprint density at radius 2 is 2.00 bits per heavy atom. The van der Waals surface area contributed by atoms with Crippen molar-refractivity contribution >= 4 is 28.3 Å². The monoisotopic (exact) mass is 255 g/mol. The summed E-state index contributed by atoms with van der Waals surface area (Å²) in [6.45, 7) is 0. The molecule has 1 heterocycles. The minimum Gasteiger partial charge on any atom is -0.462 e. The molecule has 0 bridgehead atoms. The van der Waals surface area contributed by atoms with Crippen molar-refractivity contribution in [3.63, 3.8) is 0 Å². The SMILES string of the molecule is COC(=O)C(=O)Nc1nnc(C(F)(F)F)s1. The van der Waals surface area contributed by atoms with E-state index < -0.39 is 28.2 Å². The van der Waals surface area contributed by atoms with Crippen LogP contribution in [-0.2, 0) is 20.5 Å². The Labute approximate surface area is 90.4 Å². The number of carbonyl (C=O) groups excluding carboxylic acids is 2. The molecule has 0 aromatic carbocycles. The summed E-state index contributed by atoms with van der Waals surface area (Å²) in [5.41, 5.74) is 0. The first kappa shape index (κ1) is 12.4. The first-order valence-corrected chi connectivity index (χ1v) is 4.46. The Balaban J connectivity index is 2.73. The molecule has 0 saturated heterocycles. The van der Waals surface area contributed by atoms with Crippen molar-refractivity contribution in [1.29, 1.82) is 0 Å². The van der Waals surface area contributed by atoms with E-state index in [0.29, 0.717) is 0 Å². The molecule has 0 aliphatic rings. The van der Waals surface area contributed by atoms with Crippen LogP contribution in [0.3, 0.4) is 0 Å². The third-order valence-electron chi connectivity index (χ3n) is 1.26. The first-order chi connectivity index (χ1) is 7.34. The van der Waals surface area contributed by atoms with Crippen molar-refractivity contribution < 1.29 is 27.5 Å². The smallest absolute Gasteiger partial charge is 0.445 e. The highest BCUT2D eigenvalue weighted by Crippen LogP contribution is 2.32. The molecular formula is C6H4F3N3O3S. The van der Waals surface area contributed by atoms with Crippen molar-refractivity contribution in [1.82, 2.24) is 10.2 Å². The van der Waals surface area contributed by atoms with E-state index in [1.807, 2.05) is 5.32 Å². The van der Waals surface area contributed by atoms with Crippen LogP contribution in [0.2, 0.25) is 0 Å². The van der Waals surface area contributed by atoms with Gasteiger partial charge in [0.15, 0.2) is 0 Å². The van der Waals surface area contributed by atoms with Crippen LogP contribution in [0.25, 0.3) is 0 Å². The van der Waals surface area contributed by atoms with Gasteiger partial charge in [0.2, 0.25) is 10.1 Å². The lowest BCUT2D eigenvalue weighted by molar-refractivity contribution is -0.150. The van der Waals surface area contributed by atoms with Gasteiger partial charge in [-0.25, -0.2) is 4.79 Å². The van der Waals surface area contributed by atoms with Gasteiger partial charge in [-0.05, 0) is 0 Å². The Kier molecular flexibility index (Phi) is 3.42. The number of ether oxygens (including phenoxy) is 1. The second kappa shape index (κ2) is 4.43. The molecule has 16 heavy (non-hydrogen) atoms. The summed E-state index contributed by atoms with van der Waals surface area (Å²) in [6.07, 6.45) is -4.63. The lowest BCUT2D eigenvalue weighted by Gasteiger charge is -1.98. The minimum absolute atomic E-state index is 0.109. The fourth-order valence-electron chi connectivity index (χ4n) is 0.629. The van der Waals surface area contributed by atoms with Crippen LogP contribution < -0.4 is 5.32 Å². The largest absolute Gasteiger partial charge is 0.462 e. The van der Waals surface area contributed by atoms with Crippen LogP contribution >= 0.6 is 11.3 Å². The number of alkyl halides is 3. The van der Waals surface area contributed by atoms with E-state index in [2.05, 4.69) is 14.9 Å². The molecular weight excluding hydrogens is 251 g/mol. The Hall–Kier alpha value is -1.71. The molecule has 0 aliphatic heterocycles. The predicted octanol–water partition coefficient (Wildman–Crippen LogP) is 0.668. The van der Waals surface area contributed by atoms with Gasteiger partial charge in [0.05, 0.1) is 7.11 Å². The molecule has 1 rings (SSSR count). The number of aromatic nitrogens is 2. The molecule has 10 heteroatoms. The second-order valence-electron chi connectivity index (χ2n) is 2.36. The zero-order valence-electron chi connectivity index (χ0n) is 7.66. The maximum atomic E-state index is 12.1. The van der Waals surface area contributed by atoms with Crippen molar-refractivity contribution in [2.24, 2.45) is 0 Å². The highest BCUT2D eigenvalue weighted by atomic mass is 32.1. The predicted molar refractivity (Wildman–Crippen MR) is 45.6 cm³/mol. The third-order valence-corrected chi connectivity index (χ3v) is 2.14. The molecule has 1 N–H and O–H groups in total. The van der Waals surface area contributed by atoms with Crippen LogP contribution in [0.4, 0.5) is 18.3 Å². The number of esters is 1. The number of amides is 1. The molecule has 1 aromatic heterocycles. The number of nitrogens with one attached hydrogen (secondary N) is 1. The van der Waals surface area contributed by atoms with E-state index in [9.17, 15) is 22.8 Å². The van der Waals surface area contributed by atoms with Crippen LogP contribution in [-0.4, -0.2) is 29.2 Å². The molecule has 0 saturated carbocycles. The summed E-state index contributed by atoms with van der Waals surface area (Å²) in [5.74, 6) is -2.45. The lowest BCUT2D eigenvalue weighted by atomic mass is 10.6. The molecule has 0 aliphatic carbocycles. The van der Waals surface area contributed by atoms with E-state index in [1.165, 1.54) is 0 Å². The molecule has 1 amide bonds. The zero-order valence-corrected chi connectivity index (χ0v) is 8.48. The Morgan fingerprint density at radius 1 is 1.38 bits per heavy atom. The number of hydrogen-bond donors (Lipinski definition) is 1. The molecule has 0 spiro atoms. The van der Waals surface area contributed by atoms with Crippen molar-refractivity contribution in [2.75, 3.05) is 12.4 Å². The number of nitrogens with zero attached hydrogens (tertiary/aromatic N) is 2. The second-order valence-corrected chi connectivity index (χ2v) is 3.33. The Bertz CT molecular complexity index is 417. The fourth-order valence-corrected chi connectivity index (χ4v) is 1.24. The standard InChI is InChI=1S/C6H4F3N3O3S/c1-15-3(14)2(13)10-5-12-11-4(16-5)6(7,8)9/h1H3,(H,10,12,13). The van der Waals surface area contributed by atoms with Crippen molar-refractivity contribution in [2.45, 2.75) is 6.18 Å². The van der Waals surface area contributed by atoms with E-state index in [0.717, 1.165) is 7.11 Å². The van der Waals surface area contributed by atoms with E-state index in [-0.39, 0.29) is 11.3 Å². The number of rotatable bonds is 1. The van der Waals surface area contributed by atoms with Gasteiger partial charge in [-0.1, -0.05) is 11.3 Å². The number of halogens is 3. The summed E-state index contributed by atoms with van der Waals surface area (Å²) in [5, 5.41) is 6.02. The highest BCUT2D eigenvalue weighted by molar-refractivity contribution is 7.15. The summed E-state index contributed by atoms with van der Waals surface area (Å²) < 4.78 is 40.2.